The highest BCUT2D eigenvalue weighted by molar-refractivity contribution is 5.76. The van der Waals surface area contributed by atoms with Crippen LogP contribution in [0.3, 0.4) is 0 Å². The largest absolute Gasteiger partial charge is 0.487 e. The van der Waals surface area contributed by atoms with Gasteiger partial charge in [-0.2, -0.15) is 0 Å². The lowest BCUT2D eigenvalue weighted by Gasteiger charge is -2.38. The molecule has 5 nitrogen and oxygen atoms in total. The molecule has 1 amide bonds. The average Bonchev–Trinajstić information content (AvgIpc) is 2.98. The Bertz CT molecular complexity index is 764. The molecule has 0 bridgehead atoms. The molecule has 2 heterocycles. The number of carbonyl (C=O) groups is 1. The predicted molar refractivity (Wildman–Crippen MR) is 97.6 cm³/mol. The van der Waals surface area contributed by atoms with Gasteiger partial charge in [0.2, 0.25) is 5.91 Å². The zero-order valence-corrected chi connectivity index (χ0v) is 15.5. The fourth-order valence-corrected chi connectivity index (χ4v) is 3.43. The number of amides is 1. The van der Waals surface area contributed by atoms with E-state index in [0.29, 0.717) is 13.0 Å². The summed E-state index contributed by atoms with van der Waals surface area (Å²) in [6.45, 7) is 8.91. The molecule has 1 N–H and O–H groups in total. The highest BCUT2D eigenvalue weighted by Crippen LogP contribution is 2.39. The molecule has 0 saturated carbocycles. The van der Waals surface area contributed by atoms with Crippen molar-refractivity contribution in [2.75, 3.05) is 0 Å². The molecule has 1 unspecified atom stereocenters. The van der Waals surface area contributed by atoms with Crippen LogP contribution in [0, 0.1) is 6.92 Å². The monoisotopic (exact) mass is 341 g/mol. The normalized spacial score (nSPS) is 18.3. The lowest BCUT2D eigenvalue weighted by molar-refractivity contribution is -0.122. The van der Waals surface area contributed by atoms with Gasteiger partial charge in [0.25, 0.3) is 0 Å². The fraction of sp³-hybridized carbons (Fsp3) is 0.500. The van der Waals surface area contributed by atoms with Gasteiger partial charge in [0, 0.05) is 43.8 Å². The molecule has 25 heavy (non-hydrogen) atoms. The Morgan fingerprint density at radius 2 is 2.24 bits per heavy atom. The number of carbonyl (C=O) groups excluding carboxylic acids is 1. The average molecular weight is 341 g/mol. The van der Waals surface area contributed by atoms with Gasteiger partial charge in [-0.1, -0.05) is 19.1 Å². The molecule has 1 atom stereocenters. The van der Waals surface area contributed by atoms with Crippen LogP contribution >= 0.6 is 0 Å². The molecule has 1 aliphatic heterocycles. The van der Waals surface area contributed by atoms with E-state index in [1.54, 1.807) is 6.20 Å². The Morgan fingerprint density at radius 3 is 3.00 bits per heavy atom. The standard InChI is InChI=1S/C20H27N3O2/c1-5-18-21-9-11-23(18)10-8-19(24)22-16-13-20(3,4)25-17-12-14(2)6-7-15(16)17/h6-7,9,11-12,16H,5,8,10,13H2,1-4H3,(H,22,24). The third-order valence-corrected chi connectivity index (χ3v) is 4.66. The maximum absolute atomic E-state index is 12.5. The van der Waals surface area contributed by atoms with Crippen LogP contribution in [-0.4, -0.2) is 21.1 Å². The minimum atomic E-state index is -0.293. The number of nitrogens with one attached hydrogen (secondary N) is 1. The molecule has 0 radical (unpaired) electrons. The number of hydrogen-bond acceptors (Lipinski definition) is 3. The third kappa shape index (κ3) is 4.03. The van der Waals surface area contributed by atoms with E-state index < -0.39 is 0 Å². The number of aromatic nitrogens is 2. The first-order valence-electron chi connectivity index (χ1n) is 8.97. The van der Waals surface area contributed by atoms with Gasteiger partial charge in [-0.05, 0) is 32.4 Å². The molecule has 3 rings (SSSR count). The smallest absolute Gasteiger partial charge is 0.222 e. The summed E-state index contributed by atoms with van der Waals surface area (Å²) in [7, 11) is 0. The maximum atomic E-state index is 12.5. The van der Waals surface area contributed by atoms with Crippen LogP contribution in [0.15, 0.2) is 30.6 Å². The quantitative estimate of drug-likeness (QED) is 0.904. The van der Waals surface area contributed by atoms with E-state index >= 15 is 0 Å². The van der Waals surface area contributed by atoms with Crippen molar-refractivity contribution in [3.05, 3.63) is 47.5 Å². The van der Waals surface area contributed by atoms with Crippen LogP contribution < -0.4 is 10.1 Å². The highest BCUT2D eigenvalue weighted by atomic mass is 16.5. The lowest BCUT2D eigenvalue weighted by Crippen LogP contribution is -2.41. The summed E-state index contributed by atoms with van der Waals surface area (Å²) in [4.78, 5) is 16.8. The summed E-state index contributed by atoms with van der Waals surface area (Å²) in [5.41, 5.74) is 1.93. The first-order chi connectivity index (χ1) is 11.9. The van der Waals surface area contributed by atoms with Crippen LogP contribution in [0.5, 0.6) is 5.75 Å². The van der Waals surface area contributed by atoms with Crippen LogP contribution in [0.4, 0.5) is 0 Å². The molecule has 134 valence electrons. The molecule has 1 aromatic heterocycles. The van der Waals surface area contributed by atoms with Crippen LogP contribution in [0.2, 0.25) is 0 Å². The molecule has 0 saturated heterocycles. The Kier molecular flexibility index (Phi) is 4.84. The molecule has 0 fully saturated rings. The summed E-state index contributed by atoms with van der Waals surface area (Å²) >= 11 is 0. The number of nitrogens with zero attached hydrogens (tertiary/aromatic N) is 2. The van der Waals surface area contributed by atoms with E-state index in [1.165, 1.54) is 0 Å². The topological polar surface area (TPSA) is 56.2 Å². The minimum Gasteiger partial charge on any atom is -0.487 e. The van der Waals surface area contributed by atoms with E-state index in [4.69, 9.17) is 4.74 Å². The number of aryl methyl sites for hydroxylation is 3. The minimum absolute atomic E-state index is 0.0136. The number of imidazole rings is 1. The third-order valence-electron chi connectivity index (χ3n) is 4.66. The second-order valence-corrected chi connectivity index (χ2v) is 7.37. The van der Waals surface area contributed by atoms with E-state index in [9.17, 15) is 4.79 Å². The zero-order valence-electron chi connectivity index (χ0n) is 15.5. The van der Waals surface area contributed by atoms with Gasteiger partial charge in [0.1, 0.15) is 17.2 Å². The molecule has 1 aromatic carbocycles. The van der Waals surface area contributed by atoms with Crippen molar-refractivity contribution in [3.8, 4) is 5.75 Å². The maximum Gasteiger partial charge on any atom is 0.222 e. The van der Waals surface area contributed by atoms with E-state index in [1.807, 2.05) is 10.8 Å². The number of ether oxygens (including phenoxy) is 1. The Labute approximate surface area is 149 Å². The number of rotatable bonds is 5. The molecule has 0 aliphatic carbocycles. The summed E-state index contributed by atoms with van der Waals surface area (Å²) in [6, 6.07) is 6.17. The summed E-state index contributed by atoms with van der Waals surface area (Å²) < 4.78 is 8.14. The summed E-state index contributed by atoms with van der Waals surface area (Å²) in [5, 5.41) is 3.20. The predicted octanol–water partition coefficient (Wildman–Crippen LogP) is 3.56. The van der Waals surface area contributed by atoms with Crippen molar-refractivity contribution in [3.63, 3.8) is 0 Å². The van der Waals surface area contributed by atoms with Crippen molar-refractivity contribution in [2.45, 2.75) is 65.1 Å². The van der Waals surface area contributed by atoms with Crippen LogP contribution in [-0.2, 0) is 17.8 Å². The van der Waals surface area contributed by atoms with Gasteiger partial charge in [-0.3, -0.25) is 4.79 Å². The number of fused-ring (bicyclic) bond motifs is 1. The number of hydrogen-bond donors (Lipinski definition) is 1. The van der Waals surface area contributed by atoms with Gasteiger partial charge in [-0.15, -0.1) is 0 Å². The Morgan fingerprint density at radius 1 is 1.44 bits per heavy atom. The van der Waals surface area contributed by atoms with Crippen molar-refractivity contribution in [2.24, 2.45) is 0 Å². The highest BCUT2D eigenvalue weighted by Gasteiger charge is 2.34. The molecular formula is C20H27N3O2. The molecule has 1 aliphatic rings. The van der Waals surface area contributed by atoms with Gasteiger partial charge in [0.05, 0.1) is 6.04 Å². The van der Waals surface area contributed by atoms with Gasteiger partial charge < -0.3 is 14.6 Å². The van der Waals surface area contributed by atoms with Crippen molar-refractivity contribution in [1.29, 1.82) is 0 Å². The van der Waals surface area contributed by atoms with Crippen molar-refractivity contribution < 1.29 is 9.53 Å². The second-order valence-electron chi connectivity index (χ2n) is 7.37. The summed E-state index contributed by atoms with van der Waals surface area (Å²) in [5.74, 6) is 1.95. The molecule has 0 spiro atoms. The fourth-order valence-electron chi connectivity index (χ4n) is 3.43. The van der Waals surface area contributed by atoms with Gasteiger partial charge in [-0.25, -0.2) is 4.98 Å². The van der Waals surface area contributed by atoms with Crippen molar-refractivity contribution >= 4 is 5.91 Å². The molecular weight excluding hydrogens is 314 g/mol. The zero-order chi connectivity index (χ0) is 18.0. The van der Waals surface area contributed by atoms with E-state index in [-0.39, 0.29) is 17.6 Å². The summed E-state index contributed by atoms with van der Waals surface area (Å²) in [6.07, 6.45) is 5.80. The van der Waals surface area contributed by atoms with E-state index in [0.717, 1.165) is 35.5 Å². The number of benzene rings is 1. The van der Waals surface area contributed by atoms with E-state index in [2.05, 4.69) is 56.2 Å². The van der Waals surface area contributed by atoms with Crippen LogP contribution in [0.25, 0.3) is 0 Å². The van der Waals surface area contributed by atoms with Crippen LogP contribution in [0.1, 0.15) is 56.6 Å². The molecule has 2 aromatic rings. The second kappa shape index (κ2) is 6.90. The Balaban J connectivity index is 1.68. The first kappa shape index (κ1) is 17.5. The van der Waals surface area contributed by atoms with Gasteiger partial charge >= 0.3 is 0 Å². The lowest BCUT2D eigenvalue weighted by atomic mass is 9.89. The van der Waals surface area contributed by atoms with Gasteiger partial charge in [0.15, 0.2) is 0 Å². The SMILES string of the molecule is CCc1nccn1CCC(=O)NC1CC(C)(C)Oc2cc(C)ccc21. The van der Waals surface area contributed by atoms with Crippen molar-refractivity contribution in [1.82, 2.24) is 14.9 Å². The molecule has 5 heteroatoms. The first-order valence-corrected chi connectivity index (χ1v) is 8.97. The Hall–Kier alpha value is -2.30.